The van der Waals surface area contributed by atoms with E-state index in [0.717, 1.165) is 5.56 Å². The molecular formula is C30H30N2O7S. The van der Waals surface area contributed by atoms with E-state index in [-0.39, 0.29) is 33.7 Å². The van der Waals surface area contributed by atoms with Crippen LogP contribution in [0.15, 0.2) is 101 Å². The van der Waals surface area contributed by atoms with Crippen molar-refractivity contribution in [3.05, 3.63) is 96.6 Å². The van der Waals surface area contributed by atoms with Crippen LogP contribution >= 0.6 is 0 Å². The van der Waals surface area contributed by atoms with Crippen molar-refractivity contribution in [2.75, 3.05) is 38.5 Å². The summed E-state index contributed by atoms with van der Waals surface area (Å²) in [6, 6.07) is 25.7. The van der Waals surface area contributed by atoms with Gasteiger partial charge in [-0.25, -0.2) is 8.42 Å². The highest BCUT2D eigenvalue weighted by molar-refractivity contribution is 7.91. The Hall–Kier alpha value is -4.70. The molecule has 0 unspecified atom stereocenters. The predicted octanol–water partition coefficient (Wildman–Crippen LogP) is 5.17. The molecule has 0 heterocycles. The maximum atomic E-state index is 13.6. The number of carbonyl (C=O) groups is 1. The Bertz CT molecular complexity index is 1560. The van der Waals surface area contributed by atoms with Gasteiger partial charge in [-0.2, -0.15) is 0 Å². The molecule has 0 radical (unpaired) electrons. The van der Waals surface area contributed by atoms with Gasteiger partial charge in [-0.05, 0) is 54.1 Å². The summed E-state index contributed by atoms with van der Waals surface area (Å²) in [6.07, 6.45) is 0. The molecule has 0 atom stereocenters. The van der Waals surface area contributed by atoms with Gasteiger partial charge in [0.05, 0.1) is 43.4 Å². The van der Waals surface area contributed by atoms with E-state index >= 15 is 0 Å². The van der Waals surface area contributed by atoms with Gasteiger partial charge in [0.25, 0.3) is 0 Å². The normalized spacial score (nSPS) is 10.9. The SMILES string of the molecule is COc1ccc(NCC(=O)Nc2ccc(OCc3ccccc3)cc2)c(S(=O)(=O)c2ccc(OC)c(OC)c2)c1. The van der Waals surface area contributed by atoms with Crippen molar-refractivity contribution in [3.8, 4) is 23.0 Å². The van der Waals surface area contributed by atoms with Crippen molar-refractivity contribution in [2.24, 2.45) is 0 Å². The van der Waals surface area contributed by atoms with Crippen molar-refractivity contribution in [1.29, 1.82) is 0 Å². The number of sulfone groups is 1. The molecule has 40 heavy (non-hydrogen) atoms. The zero-order valence-electron chi connectivity index (χ0n) is 22.3. The zero-order valence-corrected chi connectivity index (χ0v) is 23.2. The van der Waals surface area contributed by atoms with Crippen molar-refractivity contribution >= 4 is 27.1 Å². The number of anilines is 2. The Morgan fingerprint density at radius 3 is 2.12 bits per heavy atom. The van der Waals surface area contributed by atoms with Crippen LogP contribution in [0.1, 0.15) is 5.56 Å². The van der Waals surface area contributed by atoms with Gasteiger partial charge in [0, 0.05) is 17.8 Å². The van der Waals surface area contributed by atoms with Crippen LogP contribution in [0.4, 0.5) is 11.4 Å². The maximum Gasteiger partial charge on any atom is 0.243 e. The highest BCUT2D eigenvalue weighted by Gasteiger charge is 2.24. The monoisotopic (exact) mass is 562 g/mol. The van der Waals surface area contributed by atoms with E-state index in [0.29, 0.717) is 29.5 Å². The van der Waals surface area contributed by atoms with E-state index in [1.807, 2.05) is 30.3 Å². The van der Waals surface area contributed by atoms with Gasteiger partial charge >= 0.3 is 0 Å². The second-order valence-corrected chi connectivity index (χ2v) is 10.5. The molecule has 0 aliphatic rings. The van der Waals surface area contributed by atoms with Gasteiger partial charge < -0.3 is 29.6 Å². The van der Waals surface area contributed by atoms with Crippen molar-refractivity contribution < 1.29 is 32.2 Å². The molecule has 0 saturated heterocycles. The minimum absolute atomic E-state index is 0.000442. The van der Waals surface area contributed by atoms with Crippen molar-refractivity contribution in [3.63, 3.8) is 0 Å². The quantitative estimate of drug-likeness (QED) is 0.243. The largest absolute Gasteiger partial charge is 0.497 e. The molecule has 4 aromatic carbocycles. The molecule has 0 aliphatic heterocycles. The third-order valence-corrected chi connectivity index (χ3v) is 7.76. The van der Waals surface area contributed by atoms with Crippen LogP contribution in [0.25, 0.3) is 0 Å². The molecule has 2 N–H and O–H groups in total. The summed E-state index contributed by atoms with van der Waals surface area (Å²) in [4.78, 5) is 12.6. The first-order chi connectivity index (χ1) is 19.3. The average Bonchev–Trinajstić information content (AvgIpc) is 2.99. The van der Waals surface area contributed by atoms with Crippen LogP contribution in [-0.2, 0) is 21.2 Å². The molecule has 0 saturated carbocycles. The Balaban J connectivity index is 1.44. The average molecular weight is 563 g/mol. The van der Waals surface area contributed by atoms with Gasteiger partial charge in [0.2, 0.25) is 15.7 Å². The van der Waals surface area contributed by atoms with Crippen molar-refractivity contribution in [1.82, 2.24) is 0 Å². The standard InChI is InChI=1S/C30H30N2O7S/c1-36-24-13-15-26(29(17-24)40(34,35)25-14-16-27(37-2)28(18-25)38-3)31-19-30(33)32-22-9-11-23(12-10-22)39-20-21-7-5-4-6-8-21/h4-18,31H,19-20H2,1-3H3,(H,32,33). The second-order valence-electron chi connectivity index (χ2n) is 8.58. The molecule has 0 aliphatic carbocycles. The number of ether oxygens (including phenoxy) is 4. The van der Waals surface area contributed by atoms with Crippen LogP contribution in [0.5, 0.6) is 23.0 Å². The van der Waals surface area contributed by atoms with E-state index < -0.39 is 9.84 Å². The minimum Gasteiger partial charge on any atom is -0.497 e. The number of amides is 1. The highest BCUT2D eigenvalue weighted by Crippen LogP contribution is 2.35. The molecule has 9 nitrogen and oxygen atoms in total. The molecule has 0 fully saturated rings. The highest BCUT2D eigenvalue weighted by atomic mass is 32.2. The molecule has 1 amide bonds. The van der Waals surface area contributed by atoms with Crippen LogP contribution in [-0.4, -0.2) is 42.2 Å². The molecule has 4 aromatic rings. The lowest BCUT2D eigenvalue weighted by Gasteiger charge is -2.15. The number of hydrogen-bond acceptors (Lipinski definition) is 8. The Kier molecular flexibility index (Phi) is 9.13. The second kappa shape index (κ2) is 12.9. The molecule has 0 bridgehead atoms. The van der Waals surface area contributed by atoms with Crippen LogP contribution in [0.2, 0.25) is 0 Å². The zero-order chi connectivity index (χ0) is 28.5. The van der Waals surface area contributed by atoms with Crippen LogP contribution in [0, 0.1) is 0 Å². The molecule has 0 aromatic heterocycles. The van der Waals surface area contributed by atoms with Gasteiger partial charge in [0.15, 0.2) is 11.5 Å². The number of carbonyl (C=O) groups excluding carboxylic acids is 1. The summed E-state index contributed by atoms with van der Waals surface area (Å²) in [5.41, 5.74) is 1.87. The summed E-state index contributed by atoms with van der Waals surface area (Å²) < 4.78 is 48.7. The topological polar surface area (TPSA) is 112 Å². The first kappa shape index (κ1) is 28.3. The summed E-state index contributed by atoms with van der Waals surface area (Å²) in [5, 5.41) is 5.73. The third-order valence-electron chi connectivity index (χ3n) is 5.97. The molecule has 0 spiro atoms. The third kappa shape index (κ3) is 6.83. The Morgan fingerprint density at radius 2 is 1.45 bits per heavy atom. The Morgan fingerprint density at radius 1 is 0.750 bits per heavy atom. The first-order valence-corrected chi connectivity index (χ1v) is 13.8. The van der Waals surface area contributed by atoms with Gasteiger partial charge in [-0.15, -0.1) is 0 Å². The summed E-state index contributed by atoms with van der Waals surface area (Å²) >= 11 is 0. The molecular weight excluding hydrogens is 532 g/mol. The van der Waals surface area contributed by atoms with Crippen molar-refractivity contribution in [2.45, 2.75) is 16.4 Å². The van der Waals surface area contributed by atoms with E-state index in [4.69, 9.17) is 18.9 Å². The molecule has 208 valence electrons. The smallest absolute Gasteiger partial charge is 0.243 e. The van der Waals surface area contributed by atoms with E-state index in [2.05, 4.69) is 10.6 Å². The van der Waals surface area contributed by atoms with E-state index in [9.17, 15) is 13.2 Å². The summed E-state index contributed by atoms with van der Waals surface area (Å²) in [5.74, 6) is 1.34. The summed E-state index contributed by atoms with van der Waals surface area (Å²) in [6.45, 7) is 0.264. The van der Waals surface area contributed by atoms with E-state index in [1.165, 1.54) is 45.6 Å². The first-order valence-electron chi connectivity index (χ1n) is 12.3. The van der Waals surface area contributed by atoms with Gasteiger partial charge in [0.1, 0.15) is 18.1 Å². The maximum absolute atomic E-state index is 13.6. The fourth-order valence-corrected chi connectivity index (χ4v) is 5.33. The number of rotatable bonds is 12. The van der Waals surface area contributed by atoms with Crippen LogP contribution < -0.4 is 29.6 Å². The minimum atomic E-state index is -4.02. The molecule has 4 rings (SSSR count). The summed E-state index contributed by atoms with van der Waals surface area (Å²) in [7, 11) is 0.319. The fraction of sp³-hybridized carbons (Fsp3) is 0.167. The lowest BCUT2D eigenvalue weighted by atomic mass is 10.2. The van der Waals surface area contributed by atoms with Crippen LogP contribution in [0.3, 0.4) is 0 Å². The predicted molar refractivity (Wildman–Crippen MR) is 152 cm³/mol. The number of benzene rings is 4. The Labute approximate surface area is 233 Å². The van der Waals surface area contributed by atoms with Gasteiger partial charge in [-0.3, -0.25) is 4.79 Å². The number of nitrogens with one attached hydrogen (secondary N) is 2. The molecule has 10 heteroatoms. The number of methoxy groups -OCH3 is 3. The van der Waals surface area contributed by atoms with Gasteiger partial charge in [-0.1, -0.05) is 30.3 Å². The lowest BCUT2D eigenvalue weighted by molar-refractivity contribution is -0.114. The lowest BCUT2D eigenvalue weighted by Crippen LogP contribution is -2.22. The van der Waals surface area contributed by atoms with E-state index in [1.54, 1.807) is 36.4 Å². The number of hydrogen-bond donors (Lipinski definition) is 2. The fourth-order valence-electron chi connectivity index (χ4n) is 3.86.